The molecule has 4 rings (SSSR count). The van der Waals surface area contributed by atoms with E-state index in [-0.39, 0.29) is 11.9 Å². The number of piperazine rings is 3. The first-order chi connectivity index (χ1) is 10.1. The van der Waals surface area contributed by atoms with E-state index in [0.29, 0.717) is 0 Å². The molecule has 0 aliphatic carbocycles. The second kappa shape index (κ2) is 5.78. The molecule has 0 radical (unpaired) electrons. The molecule has 3 aliphatic heterocycles. The SMILES string of the molecule is CCc1ccc(NC(=O)[C@H](C)[N+]23CCN(CC2)CC3)cc1. The molecular formula is C17H26N3O+. The molecule has 3 saturated heterocycles. The zero-order valence-electron chi connectivity index (χ0n) is 13.1. The van der Waals surface area contributed by atoms with Crippen molar-refractivity contribution in [1.29, 1.82) is 0 Å². The minimum Gasteiger partial charge on any atom is -0.321 e. The van der Waals surface area contributed by atoms with Crippen molar-refractivity contribution in [2.75, 3.05) is 44.6 Å². The van der Waals surface area contributed by atoms with Crippen molar-refractivity contribution in [1.82, 2.24) is 4.90 Å². The van der Waals surface area contributed by atoms with Crippen molar-refractivity contribution in [3.05, 3.63) is 29.8 Å². The molecule has 0 spiro atoms. The molecule has 3 aliphatic rings. The van der Waals surface area contributed by atoms with E-state index in [1.807, 2.05) is 12.1 Å². The van der Waals surface area contributed by atoms with Crippen molar-refractivity contribution in [2.45, 2.75) is 26.3 Å². The Labute approximate surface area is 127 Å². The highest BCUT2D eigenvalue weighted by Gasteiger charge is 2.45. The van der Waals surface area contributed by atoms with Crippen LogP contribution in [0.3, 0.4) is 0 Å². The van der Waals surface area contributed by atoms with Crippen LogP contribution in [-0.4, -0.2) is 60.6 Å². The number of benzene rings is 1. The van der Waals surface area contributed by atoms with E-state index >= 15 is 0 Å². The van der Waals surface area contributed by atoms with Crippen LogP contribution >= 0.6 is 0 Å². The van der Waals surface area contributed by atoms with Crippen molar-refractivity contribution >= 4 is 11.6 Å². The Balaban J connectivity index is 1.66. The highest BCUT2D eigenvalue weighted by Crippen LogP contribution is 2.24. The molecule has 1 aromatic carbocycles. The number of anilines is 1. The third-order valence-corrected chi connectivity index (χ3v) is 5.42. The van der Waals surface area contributed by atoms with E-state index in [1.54, 1.807) is 0 Å². The van der Waals surface area contributed by atoms with E-state index in [1.165, 1.54) is 5.56 Å². The van der Waals surface area contributed by atoms with Gasteiger partial charge in [-0.15, -0.1) is 0 Å². The summed E-state index contributed by atoms with van der Waals surface area (Å²) in [5, 5.41) is 3.10. The van der Waals surface area contributed by atoms with Gasteiger partial charge in [-0.25, -0.2) is 0 Å². The lowest BCUT2D eigenvalue weighted by atomic mass is 10.1. The zero-order valence-corrected chi connectivity index (χ0v) is 13.1. The van der Waals surface area contributed by atoms with Gasteiger partial charge in [-0.1, -0.05) is 19.1 Å². The molecule has 4 heteroatoms. The molecule has 0 saturated carbocycles. The predicted octanol–water partition coefficient (Wildman–Crippen LogP) is 1.72. The maximum absolute atomic E-state index is 12.6. The van der Waals surface area contributed by atoms with Gasteiger partial charge in [0.1, 0.15) is 0 Å². The molecule has 114 valence electrons. The van der Waals surface area contributed by atoms with Gasteiger partial charge in [0.2, 0.25) is 0 Å². The van der Waals surface area contributed by atoms with Gasteiger partial charge in [0.15, 0.2) is 6.04 Å². The maximum atomic E-state index is 12.6. The summed E-state index contributed by atoms with van der Waals surface area (Å²) >= 11 is 0. The van der Waals surface area contributed by atoms with Gasteiger partial charge in [0.25, 0.3) is 5.91 Å². The first-order valence-corrected chi connectivity index (χ1v) is 8.11. The second-order valence-electron chi connectivity index (χ2n) is 6.45. The lowest BCUT2D eigenvalue weighted by Crippen LogP contribution is -2.72. The molecule has 1 N–H and O–H groups in total. The highest BCUT2D eigenvalue weighted by atomic mass is 16.2. The Hall–Kier alpha value is -1.39. The van der Waals surface area contributed by atoms with Crippen LogP contribution in [0, 0.1) is 0 Å². The van der Waals surface area contributed by atoms with Gasteiger partial charge >= 0.3 is 0 Å². The molecule has 21 heavy (non-hydrogen) atoms. The van der Waals surface area contributed by atoms with Crippen LogP contribution in [0.4, 0.5) is 5.69 Å². The summed E-state index contributed by atoms with van der Waals surface area (Å²) in [4.78, 5) is 15.1. The van der Waals surface area contributed by atoms with Crippen LogP contribution in [0.1, 0.15) is 19.4 Å². The van der Waals surface area contributed by atoms with E-state index < -0.39 is 0 Å². The Morgan fingerprint density at radius 1 is 1.19 bits per heavy atom. The number of carbonyl (C=O) groups excluding carboxylic acids is 1. The number of nitrogens with zero attached hydrogens (tertiary/aromatic N) is 2. The summed E-state index contributed by atoms with van der Waals surface area (Å²) in [5.41, 5.74) is 2.22. The molecule has 3 fully saturated rings. The van der Waals surface area contributed by atoms with E-state index in [0.717, 1.165) is 55.9 Å². The third kappa shape index (κ3) is 2.83. The Morgan fingerprint density at radius 2 is 1.76 bits per heavy atom. The first kappa shape index (κ1) is 14.5. The molecule has 1 aromatic rings. The Morgan fingerprint density at radius 3 is 2.29 bits per heavy atom. The van der Waals surface area contributed by atoms with Crippen LogP contribution in [0.2, 0.25) is 0 Å². The van der Waals surface area contributed by atoms with E-state index in [4.69, 9.17) is 0 Å². The summed E-state index contributed by atoms with van der Waals surface area (Å²) < 4.78 is 0.968. The number of nitrogens with one attached hydrogen (secondary N) is 1. The monoisotopic (exact) mass is 288 g/mol. The number of fused-ring (bicyclic) bond motifs is 3. The number of aryl methyl sites for hydroxylation is 1. The van der Waals surface area contributed by atoms with Crippen molar-refractivity contribution in [2.24, 2.45) is 0 Å². The number of amides is 1. The standard InChI is InChI=1S/C17H25N3O/c1-3-15-4-6-16(7-5-15)18-17(21)14(2)20-11-8-19(9-12-20)10-13-20/h4-7,14H,3,8-13H2,1-2H3/p+1/t14-/m0/s1. The number of hydrogen-bond acceptors (Lipinski definition) is 2. The van der Waals surface area contributed by atoms with Crippen LogP contribution < -0.4 is 5.32 Å². The molecule has 2 bridgehead atoms. The molecule has 1 atom stereocenters. The van der Waals surface area contributed by atoms with Crippen molar-refractivity contribution in [3.63, 3.8) is 0 Å². The van der Waals surface area contributed by atoms with Crippen LogP contribution in [0.5, 0.6) is 0 Å². The largest absolute Gasteiger partial charge is 0.321 e. The summed E-state index contributed by atoms with van der Waals surface area (Å²) in [7, 11) is 0. The third-order valence-electron chi connectivity index (χ3n) is 5.42. The lowest BCUT2D eigenvalue weighted by Gasteiger charge is -2.52. The topological polar surface area (TPSA) is 32.3 Å². The highest BCUT2D eigenvalue weighted by molar-refractivity contribution is 5.93. The maximum Gasteiger partial charge on any atom is 0.282 e. The minimum absolute atomic E-state index is 0.0401. The number of hydrogen-bond donors (Lipinski definition) is 1. The fourth-order valence-corrected chi connectivity index (χ4v) is 3.59. The molecule has 3 heterocycles. The van der Waals surface area contributed by atoms with Gasteiger partial charge in [0, 0.05) is 25.3 Å². The molecule has 0 aromatic heterocycles. The second-order valence-corrected chi connectivity index (χ2v) is 6.45. The summed E-state index contributed by atoms with van der Waals surface area (Å²) in [6.07, 6.45) is 1.03. The van der Waals surface area contributed by atoms with E-state index in [2.05, 4.69) is 36.2 Å². The van der Waals surface area contributed by atoms with E-state index in [9.17, 15) is 4.79 Å². The quantitative estimate of drug-likeness (QED) is 0.856. The average Bonchev–Trinajstić information content (AvgIpc) is 2.56. The lowest BCUT2D eigenvalue weighted by molar-refractivity contribution is -0.953. The smallest absolute Gasteiger partial charge is 0.282 e. The average molecular weight is 288 g/mol. The van der Waals surface area contributed by atoms with Crippen LogP contribution in [0.25, 0.3) is 0 Å². The minimum atomic E-state index is 0.0401. The van der Waals surface area contributed by atoms with Gasteiger partial charge in [0.05, 0.1) is 19.6 Å². The Bertz CT molecular complexity index is 489. The van der Waals surface area contributed by atoms with Gasteiger partial charge in [-0.3, -0.25) is 9.69 Å². The summed E-state index contributed by atoms with van der Waals surface area (Å²) in [6.45, 7) is 11.0. The van der Waals surface area contributed by atoms with Crippen molar-refractivity contribution < 1.29 is 9.28 Å². The van der Waals surface area contributed by atoms with Gasteiger partial charge in [-0.05, 0) is 31.0 Å². The number of carbonyl (C=O) groups is 1. The van der Waals surface area contributed by atoms with Crippen LogP contribution in [0.15, 0.2) is 24.3 Å². The molecule has 4 nitrogen and oxygen atoms in total. The fourth-order valence-electron chi connectivity index (χ4n) is 3.59. The molecule has 1 amide bonds. The zero-order chi connectivity index (χ0) is 14.9. The summed E-state index contributed by atoms with van der Waals surface area (Å²) in [6, 6.07) is 8.24. The van der Waals surface area contributed by atoms with Gasteiger partial charge < -0.3 is 9.80 Å². The normalized spacial score (nSPS) is 29.1. The number of rotatable bonds is 4. The predicted molar refractivity (Wildman–Crippen MR) is 85.2 cm³/mol. The van der Waals surface area contributed by atoms with Gasteiger partial charge in [-0.2, -0.15) is 0 Å². The van der Waals surface area contributed by atoms with Crippen LogP contribution in [-0.2, 0) is 11.2 Å². The fraction of sp³-hybridized carbons (Fsp3) is 0.588. The molecular weight excluding hydrogens is 262 g/mol. The molecule has 0 unspecified atom stereocenters. The summed E-state index contributed by atoms with van der Waals surface area (Å²) in [5.74, 6) is 0.162. The van der Waals surface area contributed by atoms with Crippen molar-refractivity contribution in [3.8, 4) is 0 Å². The number of quaternary nitrogens is 1. The Kier molecular flexibility index (Phi) is 4.00. The first-order valence-electron chi connectivity index (χ1n) is 8.11.